The first-order valence-electron chi connectivity index (χ1n) is 12.3. The number of amides is 3. The predicted octanol–water partition coefficient (Wildman–Crippen LogP) is 8.00. The molecule has 0 saturated carbocycles. The van der Waals surface area contributed by atoms with E-state index in [1.165, 1.54) is 54.6 Å². The summed E-state index contributed by atoms with van der Waals surface area (Å²) in [6.45, 7) is 0.146. The van der Waals surface area contributed by atoms with Crippen molar-refractivity contribution in [2.24, 2.45) is 5.41 Å². The van der Waals surface area contributed by atoms with Crippen molar-refractivity contribution in [3.8, 4) is 5.75 Å². The third-order valence-corrected chi connectivity index (χ3v) is 6.91. The third kappa shape index (κ3) is 8.71. The summed E-state index contributed by atoms with van der Waals surface area (Å²) in [6.07, 6.45) is -7.61. The number of hydrogen-bond donors (Lipinski definition) is 3. The molecule has 15 heteroatoms. The van der Waals surface area contributed by atoms with Crippen LogP contribution in [-0.2, 0) is 11.3 Å². The Hall–Kier alpha value is -3.61. The van der Waals surface area contributed by atoms with Crippen LogP contribution in [0.5, 0.6) is 5.75 Å². The molecule has 0 aliphatic rings. The molecule has 0 aromatic heterocycles. The van der Waals surface area contributed by atoms with Crippen LogP contribution in [0.4, 0.5) is 33.3 Å². The number of carbonyl (C=O) groups excluding carboxylic acids is 3. The first kappa shape index (κ1) is 33.9. The zero-order chi connectivity index (χ0) is 32.1. The quantitative estimate of drug-likeness (QED) is 0.191. The molecule has 0 unspecified atom stereocenters. The lowest BCUT2D eigenvalue weighted by molar-refractivity contribution is -0.211. The number of benzene rings is 3. The summed E-state index contributed by atoms with van der Waals surface area (Å²) in [6, 6.07) is 12.0. The molecule has 3 rings (SSSR count). The fraction of sp³-hybridized carbons (Fsp3) is 0.250. The van der Waals surface area contributed by atoms with E-state index in [9.17, 15) is 36.3 Å². The van der Waals surface area contributed by atoms with E-state index in [4.69, 9.17) is 39.5 Å². The van der Waals surface area contributed by atoms with Gasteiger partial charge in [-0.2, -0.15) is 13.2 Å². The highest BCUT2D eigenvalue weighted by Crippen LogP contribution is 2.37. The Balaban J connectivity index is 1.83. The van der Waals surface area contributed by atoms with Crippen LogP contribution in [-0.4, -0.2) is 36.9 Å². The minimum atomic E-state index is -4.78. The van der Waals surface area contributed by atoms with Gasteiger partial charge in [-0.1, -0.05) is 40.9 Å². The van der Waals surface area contributed by atoms with Crippen molar-refractivity contribution in [3.05, 3.63) is 86.4 Å². The van der Waals surface area contributed by atoms with Crippen molar-refractivity contribution in [3.63, 3.8) is 0 Å². The lowest BCUT2D eigenvalue weighted by Crippen LogP contribution is -2.46. The van der Waals surface area contributed by atoms with Crippen LogP contribution in [0.1, 0.15) is 40.1 Å². The van der Waals surface area contributed by atoms with E-state index in [-0.39, 0.29) is 50.4 Å². The first-order chi connectivity index (χ1) is 20.0. The Labute approximate surface area is 257 Å². The molecule has 43 heavy (non-hydrogen) atoms. The second-order valence-electron chi connectivity index (χ2n) is 9.57. The molecule has 7 nitrogen and oxygen atoms in total. The molecular weight excluding hydrogens is 644 g/mol. The lowest BCUT2D eigenvalue weighted by atomic mass is 9.91. The summed E-state index contributed by atoms with van der Waals surface area (Å²) in [5, 5.41) is 7.62. The van der Waals surface area contributed by atoms with E-state index in [1.807, 2.05) is 0 Å². The average molecular weight is 667 g/mol. The summed E-state index contributed by atoms with van der Waals surface area (Å²) in [5.74, 6) is -3.05. The first-order valence-corrected chi connectivity index (χ1v) is 13.4. The Morgan fingerprint density at radius 2 is 1.51 bits per heavy atom. The Bertz CT molecular complexity index is 1530. The highest BCUT2D eigenvalue weighted by atomic mass is 35.5. The van der Waals surface area contributed by atoms with Gasteiger partial charge in [0.15, 0.2) is 0 Å². The monoisotopic (exact) mass is 665 g/mol. The average Bonchev–Trinajstić information content (AvgIpc) is 2.92. The maximum atomic E-state index is 13.2. The van der Waals surface area contributed by atoms with E-state index in [2.05, 4.69) is 16.0 Å². The molecule has 3 aromatic carbocycles. The van der Waals surface area contributed by atoms with Gasteiger partial charge in [0.25, 0.3) is 18.2 Å². The normalized spacial score (nSPS) is 11.7. The van der Waals surface area contributed by atoms with Crippen LogP contribution in [0.3, 0.4) is 0 Å². The van der Waals surface area contributed by atoms with Crippen LogP contribution in [0.2, 0.25) is 15.1 Å². The number of rotatable bonds is 10. The number of carbonyl (C=O) groups is 3. The molecule has 3 amide bonds. The molecule has 0 saturated heterocycles. The molecule has 0 spiro atoms. The number of halogens is 8. The molecule has 3 aromatic rings. The number of nitrogens with one attached hydrogen (secondary N) is 3. The van der Waals surface area contributed by atoms with Crippen LogP contribution in [0.25, 0.3) is 0 Å². The van der Waals surface area contributed by atoms with Gasteiger partial charge < -0.3 is 20.7 Å². The lowest BCUT2D eigenvalue weighted by Gasteiger charge is -2.26. The molecule has 3 N–H and O–H groups in total. The summed E-state index contributed by atoms with van der Waals surface area (Å²) < 4.78 is 70.2. The zero-order valence-electron chi connectivity index (χ0n) is 22.3. The largest absolute Gasteiger partial charge is 0.487 e. The Kier molecular flexibility index (Phi) is 10.9. The second kappa shape index (κ2) is 13.8. The van der Waals surface area contributed by atoms with Gasteiger partial charge >= 0.3 is 6.18 Å². The molecule has 0 aliphatic carbocycles. The molecule has 0 atom stereocenters. The van der Waals surface area contributed by atoms with Gasteiger partial charge in [-0.15, -0.1) is 0 Å². The topological polar surface area (TPSA) is 96.5 Å². The number of hydrogen-bond acceptors (Lipinski definition) is 4. The highest BCUT2D eigenvalue weighted by Gasteiger charge is 2.52. The van der Waals surface area contributed by atoms with Crippen molar-refractivity contribution < 1.29 is 41.1 Å². The van der Waals surface area contributed by atoms with Gasteiger partial charge in [0.2, 0.25) is 5.91 Å². The number of ether oxygens (including phenoxy) is 1. The van der Waals surface area contributed by atoms with Crippen LogP contribution >= 0.6 is 34.8 Å². The van der Waals surface area contributed by atoms with Crippen LogP contribution < -0.4 is 20.7 Å². The van der Waals surface area contributed by atoms with E-state index >= 15 is 0 Å². The summed E-state index contributed by atoms with van der Waals surface area (Å²) in [5.41, 5.74) is -2.48. The minimum absolute atomic E-state index is 0.0181. The molecule has 0 fully saturated rings. The number of anilines is 2. The molecule has 0 heterocycles. The molecule has 0 aliphatic heterocycles. The van der Waals surface area contributed by atoms with Gasteiger partial charge in [0, 0.05) is 17.3 Å². The standard InChI is InChI=1S/C28H23Cl3F5N3O4/c1-27(2,28(34,35)36)26(42)37-12-14-3-6-19(30)17(9-14)24(40)38-16-5-8-22(43-13-23(32)33)18(11-16)25(41)39-21-7-4-15(29)10-20(21)31/h3-11,23H,12-13H2,1-2H3,(H,37,42)(H,38,40)(H,39,41). The van der Waals surface area contributed by atoms with Crippen LogP contribution in [0.15, 0.2) is 54.6 Å². The fourth-order valence-electron chi connectivity index (χ4n) is 3.43. The highest BCUT2D eigenvalue weighted by molar-refractivity contribution is 6.37. The van der Waals surface area contributed by atoms with E-state index in [0.717, 1.165) is 13.8 Å². The molecule has 0 radical (unpaired) electrons. The smallest absolute Gasteiger partial charge is 0.402 e. The van der Waals surface area contributed by atoms with Gasteiger partial charge in [0.1, 0.15) is 17.8 Å². The molecular formula is C28H23Cl3F5N3O4. The molecule has 0 bridgehead atoms. The van der Waals surface area contributed by atoms with Crippen molar-refractivity contribution >= 4 is 63.9 Å². The van der Waals surface area contributed by atoms with Gasteiger partial charge in [-0.25, -0.2) is 8.78 Å². The Morgan fingerprint density at radius 3 is 2.14 bits per heavy atom. The van der Waals surface area contributed by atoms with Crippen molar-refractivity contribution in [1.82, 2.24) is 5.32 Å². The van der Waals surface area contributed by atoms with Crippen molar-refractivity contribution in [2.45, 2.75) is 33.0 Å². The van der Waals surface area contributed by atoms with Gasteiger partial charge in [-0.3, -0.25) is 14.4 Å². The van der Waals surface area contributed by atoms with Crippen molar-refractivity contribution in [1.29, 1.82) is 0 Å². The summed E-state index contributed by atoms with van der Waals surface area (Å²) >= 11 is 18.2. The van der Waals surface area contributed by atoms with E-state index in [0.29, 0.717) is 5.02 Å². The van der Waals surface area contributed by atoms with E-state index < -0.39 is 42.3 Å². The third-order valence-electron chi connectivity index (χ3n) is 6.03. The summed E-state index contributed by atoms with van der Waals surface area (Å²) in [4.78, 5) is 38.3. The van der Waals surface area contributed by atoms with Crippen LogP contribution in [0, 0.1) is 5.41 Å². The van der Waals surface area contributed by atoms with Gasteiger partial charge in [-0.05, 0) is 67.9 Å². The maximum Gasteiger partial charge on any atom is 0.402 e. The Morgan fingerprint density at radius 1 is 0.837 bits per heavy atom. The minimum Gasteiger partial charge on any atom is -0.487 e. The molecule has 230 valence electrons. The number of alkyl halides is 5. The van der Waals surface area contributed by atoms with Crippen molar-refractivity contribution in [2.75, 3.05) is 17.2 Å². The second-order valence-corrected chi connectivity index (χ2v) is 10.8. The van der Waals surface area contributed by atoms with E-state index in [1.54, 1.807) is 0 Å². The fourth-order valence-corrected chi connectivity index (χ4v) is 4.09. The SMILES string of the molecule is CC(C)(C(=O)NCc1ccc(Cl)c(C(=O)Nc2ccc(OCC(F)F)c(C(=O)Nc3ccc(Cl)cc3Cl)c2)c1)C(F)(F)F. The zero-order valence-corrected chi connectivity index (χ0v) is 24.6. The van der Waals surface area contributed by atoms with Gasteiger partial charge in [0.05, 0.1) is 26.9 Å². The summed E-state index contributed by atoms with van der Waals surface area (Å²) in [7, 11) is 0. The predicted molar refractivity (Wildman–Crippen MR) is 153 cm³/mol. The maximum absolute atomic E-state index is 13.2.